The molecule has 3 aromatic rings. The maximum absolute atomic E-state index is 14.0. The lowest BCUT2D eigenvalue weighted by molar-refractivity contribution is -0.141. The van der Waals surface area contributed by atoms with E-state index < -0.39 is 39.9 Å². The average molecular weight is 554 g/mol. The van der Waals surface area contributed by atoms with E-state index in [-0.39, 0.29) is 23.0 Å². The Balaban J connectivity index is 2.06. The molecule has 0 heterocycles. The molecule has 0 bridgehead atoms. The summed E-state index contributed by atoms with van der Waals surface area (Å²) in [6.07, 6.45) is 0.321. The topological polar surface area (TPSA) is 86.8 Å². The highest BCUT2D eigenvalue weighted by Crippen LogP contribution is 2.25. The molecule has 1 atom stereocenters. The number of anilines is 1. The summed E-state index contributed by atoms with van der Waals surface area (Å²) < 4.78 is 42.1. The van der Waals surface area contributed by atoms with Gasteiger partial charge < -0.3 is 10.2 Å². The summed E-state index contributed by atoms with van der Waals surface area (Å²) >= 11 is 0. The summed E-state index contributed by atoms with van der Waals surface area (Å²) in [4.78, 5) is 28.7. The third kappa shape index (κ3) is 7.89. The number of halogens is 1. The lowest BCUT2D eigenvalue weighted by Crippen LogP contribution is -2.55. The van der Waals surface area contributed by atoms with E-state index in [9.17, 15) is 22.4 Å². The maximum Gasteiger partial charge on any atom is 0.264 e. The number of amides is 2. The van der Waals surface area contributed by atoms with Crippen LogP contribution in [0.25, 0.3) is 0 Å². The van der Waals surface area contributed by atoms with E-state index in [2.05, 4.69) is 5.32 Å². The maximum atomic E-state index is 14.0. The van der Waals surface area contributed by atoms with E-state index in [1.54, 1.807) is 18.2 Å². The van der Waals surface area contributed by atoms with Crippen LogP contribution in [0.15, 0.2) is 83.8 Å². The molecule has 3 rings (SSSR count). The van der Waals surface area contributed by atoms with Gasteiger partial charge in [0.05, 0.1) is 10.6 Å². The van der Waals surface area contributed by atoms with Crippen LogP contribution in [0.3, 0.4) is 0 Å². The second-order valence-electron chi connectivity index (χ2n) is 10.5. The van der Waals surface area contributed by atoms with Gasteiger partial charge in [-0.05, 0) is 76.1 Å². The summed E-state index contributed by atoms with van der Waals surface area (Å²) in [7, 11) is -4.19. The molecule has 0 unspecified atom stereocenters. The minimum absolute atomic E-state index is 0.00937. The van der Waals surface area contributed by atoms with Crippen LogP contribution >= 0.6 is 0 Å². The Hall–Kier alpha value is -3.72. The summed E-state index contributed by atoms with van der Waals surface area (Å²) in [5.74, 6) is -1.42. The van der Waals surface area contributed by atoms with Crippen molar-refractivity contribution in [3.63, 3.8) is 0 Å². The molecule has 0 fully saturated rings. The van der Waals surface area contributed by atoms with Gasteiger partial charge in [0, 0.05) is 12.1 Å². The molecule has 0 spiro atoms. The molecule has 39 heavy (non-hydrogen) atoms. The van der Waals surface area contributed by atoms with E-state index in [0.717, 1.165) is 27.6 Å². The summed E-state index contributed by atoms with van der Waals surface area (Å²) in [6.45, 7) is 8.84. The molecule has 1 N–H and O–H groups in total. The highest BCUT2D eigenvalue weighted by atomic mass is 32.2. The van der Waals surface area contributed by atoms with Crippen molar-refractivity contribution in [2.45, 2.75) is 64.1 Å². The SMILES string of the molecule is CC[C@@H](C(=O)NC(C)(C)C)N(Cc1cccc(C)c1)C(=O)CN(c1ccc(F)cc1)S(=O)(=O)c1ccccc1. The third-order valence-corrected chi connectivity index (χ3v) is 7.83. The highest BCUT2D eigenvalue weighted by molar-refractivity contribution is 7.92. The van der Waals surface area contributed by atoms with Gasteiger partial charge in [-0.1, -0.05) is 55.0 Å². The molecular weight excluding hydrogens is 517 g/mol. The lowest BCUT2D eigenvalue weighted by Gasteiger charge is -2.34. The van der Waals surface area contributed by atoms with Gasteiger partial charge in [-0.15, -0.1) is 0 Å². The fraction of sp³-hybridized carbons (Fsp3) is 0.333. The number of carbonyl (C=O) groups is 2. The molecule has 0 aromatic heterocycles. The van der Waals surface area contributed by atoms with Crippen molar-refractivity contribution < 1.29 is 22.4 Å². The van der Waals surface area contributed by atoms with Crippen molar-refractivity contribution in [1.29, 1.82) is 0 Å². The van der Waals surface area contributed by atoms with Crippen LogP contribution in [-0.2, 0) is 26.2 Å². The smallest absolute Gasteiger partial charge is 0.264 e. The number of benzene rings is 3. The Kier molecular flexibility index (Phi) is 9.50. The number of hydrogen-bond acceptors (Lipinski definition) is 4. The Labute approximate surface area is 230 Å². The van der Waals surface area contributed by atoms with Crippen molar-refractivity contribution in [3.05, 3.63) is 95.8 Å². The monoisotopic (exact) mass is 553 g/mol. The van der Waals surface area contributed by atoms with Gasteiger partial charge in [0.15, 0.2) is 0 Å². The first kappa shape index (κ1) is 29.8. The van der Waals surface area contributed by atoms with Crippen LogP contribution in [0.5, 0.6) is 0 Å². The van der Waals surface area contributed by atoms with Crippen molar-refractivity contribution in [3.8, 4) is 0 Å². The first-order valence-electron chi connectivity index (χ1n) is 12.8. The van der Waals surface area contributed by atoms with Crippen LogP contribution in [-0.4, -0.2) is 43.3 Å². The minimum Gasteiger partial charge on any atom is -0.350 e. The summed E-state index contributed by atoms with van der Waals surface area (Å²) in [6, 6.07) is 19.4. The molecule has 3 aromatic carbocycles. The Morgan fingerprint density at radius 1 is 0.949 bits per heavy atom. The molecule has 0 saturated heterocycles. The lowest BCUT2D eigenvalue weighted by atomic mass is 10.0. The van der Waals surface area contributed by atoms with E-state index in [1.807, 2.05) is 58.9 Å². The normalized spacial score (nSPS) is 12.5. The number of carbonyl (C=O) groups excluding carboxylic acids is 2. The quantitative estimate of drug-likeness (QED) is 0.381. The van der Waals surface area contributed by atoms with Crippen molar-refractivity contribution >= 4 is 27.5 Å². The standard InChI is InChI=1S/C30H36FN3O4S/c1-6-27(29(36)32-30(3,4)5)33(20-23-12-10-11-22(2)19-23)28(35)21-34(25-17-15-24(31)16-18-25)39(37,38)26-13-8-7-9-14-26/h7-19,27H,6,20-21H2,1-5H3,(H,32,36)/t27-/m0/s1. The average Bonchev–Trinajstić information content (AvgIpc) is 2.87. The number of hydrogen-bond donors (Lipinski definition) is 1. The van der Waals surface area contributed by atoms with Crippen molar-refractivity contribution in [2.24, 2.45) is 0 Å². The fourth-order valence-electron chi connectivity index (χ4n) is 4.24. The number of rotatable bonds is 10. The minimum atomic E-state index is -4.19. The molecule has 2 amide bonds. The van der Waals surface area contributed by atoms with Gasteiger partial charge >= 0.3 is 0 Å². The van der Waals surface area contributed by atoms with Gasteiger partial charge in [0.2, 0.25) is 11.8 Å². The second kappa shape index (κ2) is 12.4. The highest BCUT2D eigenvalue weighted by Gasteiger charge is 2.34. The van der Waals surface area contributed by atoms with Gasteiger partial charge in [0.25, 0.3) is 10.0 Å². The molecule has 208 valence electrons. The number of aryl methyl sites for hydroxylation is 1. The van der Waals surface area contributed by atoms with Crippen molar-refractivity contribution in [2.75, 3.05) is 10.8 Å². The Morgan fingerprint density at radius 2 is 1.59 bits per heavy atom. The zero-order chi connectivity index (χ0) is 28.8. The van der Waals surface area contributed by atoms with E-state index in [0.29, 0.717) is 6.42 Å². The van der Waals surface area contributed by atoms with Crippen LogP contribution in [0.1, 0.15) is 45.2 Å². The number of sulfonamides is 1. The number of nitrogens with zero attached hydrogens (tertiary/aromatic N) is 2. The van der Waals surface area contributed by atoms with Gasteiger partial charge in [-0.2, -0.15) is 0 Å². The van der Waals surface area contributed by atoms with Crippen LogP contribution in [0, 0.1) is 12.7 Å². The fourth-order valence-corrected chi connectivity index (χ4v) is 5.67. The molecule has 0 radical (unpaired) electrons. The van der Waals surface area contributed by atoms with Crippen LogP contribution < -0.4 is 9.62 Å². The Morgan fingerprint density at radius 3 is 2.15 bits per heavy atom. The van der Waals surface area contributed by atoms with Crippen LogP contribution in [0.2, 0.25) is 0 Å². The van der Waals surface area contributed by atoms with Gasteiger partial charge in [-0.3, -0.25) is 13.9 Å². The molecule has 7 nitrogen and oxygen atoms in total. The third-order valence-electron chi connectivity index (χ3n) is 6.04. The van der Waals surface area contributed by atoms with E-state index in [1.165, 1.54) is 29.2 Å². The summed E-state index contributed by atoms with van der Waals surface area (Å²) in [5, 5.41) is 2.94. The van der Waals surface area contributed by atoms with Crippen LogP contribution in [0.4, 0.5) is 10.1 Å². The zero-order valence-corrected chi connectivity index (χ0v) is 23.8. The molecule has 9 heteroatoms. The van der Waals surface area contributed by atoms with Crippen molar-refractivity contribution in [1.82, 2.24) is 10.2 Å². The molecule has 0 aliphatic heterocycles. The largest absolute Gasteiger partial charge is 0.350 e. The number of nitrogens with one attached hydrogen (secondary N) is 1. The summed E-state index contributed by atoms with van der Waals surface area (Å²) in [5.41, 5.74) is 1.41. The van der Waals surface area contributed by atoms with Gasteiger partial charge in [0.1, 0.15) is 18.4 Å². The molecular formula is C30H36FN3O4S. The predicted octanol–water partition coefficient (Wildman–Crippen LogP) is 5.05. The van der Waals surface area contributed by atoms with Gasteiger partial charge in [-0.25, -0.2) is 12.8 Å². The zero-order valence-electron chi connectivity index (χ0n) is 23.0. The predicted molar refractivity (Wildman–Crippen MR) is 151 cm³/mol. The first-order valence-corrected chi connectivity index (χ1v) is 14.3. The second-order valence-corrected chi connectivity index (χ2v) is 12.3. The molecule has 0 aliphatic carbocycles. The Bertz CT molecular complexity index is 1390. The molecule has 0 aliphatic rings. The molecule has 0 saturated carbocycles. The van der Waals surface area contributed by atoms with E-state index >= 15 is 0 Å². The first-order chi connectivity index (χ1) is 18.3. The van der Waals surface area contributed by atoms with E-state index in [4.69, 9.17) is 0 Å².